The molecule has 2 saturated heterocycles. The average molecular weight is 384 g/mol. The van der Waals surface area contributed by atoms with Crippen molar-refractivity contribution < 1.29 is 18.0 Å². The third-order valence-electron chi connectivity index (χ3n) is 5.27. The van der Waals surface area contributed by atoms with Crippen LogP contribution in [0.5, 0.6) is 0 Å². The molecule has 2 aliphatic rings. The maximum absolute atomic E-state index is 13.5. The first-order valence-corrected chi connectivity index (χ1v) is 9.51. The lowest BCUT2D eigenvalue weighted by molar-refractivity contribution is -0.183. The van der Waals surface area contributed by atoms with Crippen LogP contribution in [0.2, 0.25) is 0 Å². The van der Waals surface area contributed by atoms with E-state index in [1.165, 1.54) is 4.90 Å². The lowest BCUT2D eigenvalue weighted by Crippen LogP contribution is -2.57. The van der Waals surface area contributed by atoms with Crippen LogP contribution in [0.1, 0.15) is 28.8 Å². The molecular formula is C19H27F3N4O. The molecule has 2 fully saturated rings. The van der Waals surface area contributed by atoms with Gasteiger partial charge in [0, 0.05) is 51.5 Å². The first kappa shape index (κ1) is 19.9. The van der Waals surface area contributed by atoms with E-state index in [0.717, 1.165) is 37.2 Å². The van der Waals surface area contributed by atoms with Gasteiger partial charge < -0.3 is 15.5 Å². The Bertz CT molecular complexity index is 653. The second-order valence-electron chi connectivity index (χ2n) is 7.27. The largest absolute Gasteiger partial charge is 0.405 e. The van der Waals surface area contributed by atoms with Gasteiger partial charge in [0.15, 0.2) is 0 Å². The van der Waals surface area contributed by atoms with Crippen LogP contribution >= 0.6 is 0 Å². The number of piperazine rings is 1. The first-order chi connectivity index (χ1) is 12.9. The van der Waals surface area contributed by atoms with Crippen LogP contribution in [-0.4, -0.2) is 68.8 Å². The number of benzene rings is 1. The highest BCUT2D eigenvalue weighted by atomic mass is 19.4. The number of carbonyl (C=O) groups is 1. The summed E-state index contributed by atoms with van der Waals surface area (Å²) >= 11 is 0. The molecular weight excluding hydrogens is 357 g/mol. The highest BCUT2D eigenvalue weighted by molar-refractivity contribution is 6.00. The quantitative estimate of drug-likeness (QED) is 0.817. The molecule has 0 spiro atoms. The van der Waals surface area contributed by atoms with Crippen LogP contribution in [0.15, 0.2) is 18.2 Å². The maximum Gasteiger partial charge on any atom is 0.405 e. The predicted octanol–water partition coefficient (Wildman–Crippen LogP) is 2.16. The topological polar surface area (TPSA) is 47.6 Å². The summed E-state index contributed by atoms with van der Waals surface area (Å²) in [5.74, 6) is -0.440. The summed E-state index contributed by atoms with van der Waals surface area (Å²) in [6.07, 6.45) is -2.25. The fourth-order valence-corrected chi connectivity index (χ4v) is 3.80. The molecule has 8 heteroatoms. The van der Waals surface area contributed by atoms with Crippen LogP contribution in [0.4, 0.5) is 18.9 Å². The van der Waals surface area contributed by atoms with Crippen LogP contribution in [0, 0.1) is 6.92 Å². The zero-order valence-electron chi connectivity index (χ0n) is 15.6. The fourth-order valence-electron chi connectivity index (χ4n) is 3.80. The molecule has 0 aromatic heterocycles. The molecule has 0 saturated carbocycles. The Balaban J connectivity index is 1.73. The molecule has 1 aromatic rings. The Hall–Kier alpha value is -1.80. The Morgan fingerprint density at radius 1 is 1.19 bits per heavy atom. The second kappa shape index (κ2) is 8.48. The van der Waals surface area contributed by atoms with Crippen molar-refractivity contribution in [2.45, 2.75) is 32.0 Å². The van der Waals surface area contributed by atoms with Crippen molar-refractivity contribution in [1.29, 1.82) is 0 Å². The predicted molar refractivity (Wildman–Crippen MR) is 99.2 cm³/mol. The monoisotopic (exact) mass is 384 g/mol. The minimum atomic E-state index is -4.38. The highest BCUT2D eigenvalue weighted by Gasteiger charge is 2.43. The number of nitrogens with zero attached hydrogens (tertiary/aromatic N) is 2. The zero-order valence-corrected chi connectivity index (χ0v) is 15.6. The number of alkyl halides is 3. The van der Waals surface area contributed by atoms with Crippen LogP contribution < -0.4 is 15.5 Å². The summed E-state index contributed by atoms with van der Waals surface area (Å²) in [6.45, 7) is 4.88. The average Bonchev–Trinajstić information content (AvgIpc) is 3.16. The smallest absolute Gasteiger partial charge is 0.371 e. The van der Waals surface area contributed by atoms with Gasteiger partial charge in [0.05, 0.1) is 5.56 Å². The van der Waals surface area contributed by atoms with Crippen LogP contribution in [0.3, 0.4) is 0 Å². The standard InChI is InChI=1S/C19H27F3N4O/c1-14-4-5-16(25-8-2-3-9-25)15(12-14)18(27)24-13-17(19(20,21)22)26-10-6-23-7-11-26/h4-5,12,17,23H,2-3,6-11,13H2,1H3,(H,24,27). The van der Waals surface area contributed by atoms with Gasteiger partial charge in [-0.25, -0.2) is 0 Å². The van der Waals surface area contributed by atoms with Gasteiger partial charge in [0.2, 0.25) is 0 Å². The van der Waals surface area contributed by atoms with Crippen LogP contribution in [-0.2, 0) is 0 Å². The van der Waals surface area contributed by atoms with Crippen LogP contribution in [0.25, 0.3) is 0 Å². The van der Waals surface area contributed by atoms with E-state index in [1.54, 1.807) is 6.07 Å². The number of rotatable bonds is 5. The van der Waals surface area contributed by atoms with Crippen molar-refractivity contribution in [3.8, 4) is 0 Å². The Kier molecular flexibility index (Phi) is 6.26. The number of anilines is 1. The van der Waals surface area contributed by atoms with Crippen molar-refractivity contribution in [3.05, 3.63) is 29.3 Å². The van der Waals surface area contributed by atoms with Gasteiger partial charge in [0.25, 0.3) is 5.91 Å². The minimum absolute atomic E-state index is 0.323. The molecule has 2 heterocycles. The molecule has 1 unspecified atom stereocenters. The summed E-state index contributed by atoms with van der Waals surface area (Å²) in [5.41, 5.74) is 2.18. The van der Waals surface area contributed by atoms with E-state index in [-0.39, 0.29) is 0 Å². The molecule has 3 rings (SSSR count). The van der Waals surface area contributed by atoms with Gasteiger partial charge in [-0.1, -0.05) is 11.6 Å². The number of halogens is 3. The third kappa shape index (κ3) is 4.93. The Labute approximate surface area is 157 Å². The molecule has 0 radical (unpaired) electrons. The third-order valence-corrected chi connectivity index (χ3v) is 5.27. The summed E-state index contributed by atoms with van der Waals surface area (Å²) < 4.78 is 40.6. The molecule has 150 valence electrons. The summed E-state index contributed by atoms with van der Waals surface area (Å²) in [4.78, 5) is 16.3. The number of hydrogen-bond donors (Lipinski definition) is 2. The van der Waals surface area contributed by atoms with Crippen molar-refractivity contribution in [1.82, 2.24) is 15.5 Å². The minimum Gasteiger partial charge on any atom is -0.371 e. The molecule has 27 heavy (non-hydrogen) atoms. The van der Waals surface area contributed by atoms with Gasteiger partial charge >= 0.3 is 6.18 Å². The molecule has 1 amide bonds. The Morgan fingerprint density at radius 2 is 1.85 bits per heavy atom. The van der Waals surface area contributed by atoms with Gasteiger partial charge in [-0.15, -0.1) is 0 Å². The van der Waals surface area contributed by atoms with E-state index in [4.69, 9.17) is 0 Å². The normalized spacial score (nSPS) is 19.9. The maximum atomic E-state index is 13.5. The van der Waals surface area contributed by atoms with Crippen molar-refractivity contribution >= 4 is 11.6 Å². The van der Waals surface area contributed by atoms with Crippen molar-refractivity contribution in [2.75, 3.05) is 50.7 Å². The van der Waals surface area contributed by atoms with Gasteiger partial charge in [-0.2, -0.15) is 13.2 Å². The summed E-state index contributed by atoms with van der Waals surface area (Å²) in [7, 11) is 0. The SMILES string of the molecule is Cc1ccc(N2CCCC2)c(C(=O)NCC(N2CCNCC2)C(F)(F)F)c1. The number of aryl methyl sites for hydroxylation is 1. The highest BCUT2D eigenvalue weighted by Crippen LogP contribution is 2.27. The van der Waals surface area contributed by atoms with Gasteiger partial charge in [-0.3, -0.25) is 9.69 Å². The number of hydrogen-bond acceptors (Lipinski definition) is 4. The molecule has 0 bridgehead atoms. The molecule has 5 nitrogen and oxygen atoms in total. The Morgan fingerprint density at radius 3 is 2.48 bits per heavy atom. The second-order valence-corrected chi connectivity index (χ2v) is 7.27. The molecule has 2 aliphatic heterocycles. The van der Waals surface area contributed by atoms with Gasteiger partial charge in [-0.05, 0) is 31.9 Å². The van der Waals surface area contributed by atoms with E-state index in [0.29, 0.717) is 31.7 Å². The fraction of sp³-hybridized carbons (Fsp3) is 0.632. The number of nitrogens with one attached hydrogen (secondary N) is 2. The van der Waals surface area contributed by atoms with E-state index in [9.17, 15) is 18.0 Å². The molecule has 2 N–H and O–H groups in total. The van der Waals surface area contributed by atoms with E-state index >= 15 is 0 Å². The lowest BCUT2D eigenvalue weighted by atomic mass is 10.1. The number of amides is 1. The molecule has 1 atom stereocenters. The summed E-state index contributed by atoms with van der Waals surface area (Å²) in [6, 6.07) is 3.93. The zero-order chi connectivity index (χ0) is 19.4. The van der Waals surface area contributed by atoms with Crippen molar-refractivity contribution in [3.63, 3.8) is 0 Å². The summed E-state index contributed by atoms with van der Waals surface area (Å²) in [5, 5.41) is 5.60. The van der Waals surface area contributed by atoms with E-state index in [1.807, 2.05) is 19.1 Å². The lowest BCUT2D eigenvalue weighted by Gasteiger charge is -2.36. The molecule has 0 aliphatic carbocycles. The van der Waals surface area contributed by atoms with E-state index in [2.05, 4.69) is 15.5 Å². The molecule has 1 aromatic carbocycles. The van der Waals surface area contributed by atoms with Crippen molar-refractivity contribution in [2.24, 2.45) is 0 Å². The van der Waals surface area contributed by atoms with E-state index < -0.39 is 24.7 Å². The van der Waals surface area contributed by atoms with Gasteiger partial charge in [0.1, 0.15) is 6.04 Å². The first-order valence-electron chi connectivity index (χ1n) is 9.51. The number of carbonyl (C=O) groups excluding carboxylic acids is 1.